The fraction of sp³-hybridized carbons (Fsp3) is 0.412. The van der Waals surface area contributed by atoms with E-state index in [9.17, 15) is 4.79 Å². The zero-order chi connectivity index (χ0) is 15.9. The Balaban J connectivity index is 1.85. The Labute approximate surface area is 131 Å². The second-order valence-corrected chi connectivity index (χ2v) is 5.75. The molecule has 1 aromatic heterocycles. The smallest absolute Gasteiger partial charge is 0.225 e. The van der Waals surface area contributed by atoms with Crippen LogP contribution in [0, 0.1) is 0 Å². The van der Waals surface area contributed by atoms with Crippen LogP contribution in [0.25, 0.3) is 0 Å². The highest BCUT2D eigenvalue weighted by Gasteiger charge is 2.13. The van der Waals surface area contributed by atoms with Crippen molar-refractivity contribution in [1.29, 1.82) is 0 Å². The zero-order valence-corrected chi connectivity index (χ0v) is 13.5. The van der Waals surface area contributed by atoms with E-state index in [4.69, 9.17) is 0 Å². The van der Waals surface area contributed by atoms with Gasteiger partial charge in [-0.05, 0) is 26.0 Å². The summed E-state index contributed by atoms with van der Waals surface area (Å²) < 4.78 is 1.80. The second-order valence-electron chi connectivity index (χ2n) is 5.75. The highest BCUT2D eigenvalue weighted by molar-refractivity contribution is 5.90. The molecule has 0 spiro atoms. The summed E-state index contributed by atoms with van der Waals surface area (Å²) in [7, 11) is 1.91. The van der Waals surface area contributed by atoms with Crippen molar-refractivity contribution < 1.29 is 4.79 Å². The van der Waals surface area contributed by atoms with Crippen LogP contribution in [0.1, 0.15) is 25.8 Å². The number of aryl methyl sites for hydroxylation is 1. The lowest BCUT2D eigenvalue weighted by molar-refractivity contribution is -0.116. The van der Waals surface area contributed by atoms with Crippen molar-refractivity contribution in [2.45, 2.75) is 32.9 Å². The first-order valence-electron chi connectivity index (χ1n) is 7.61. The number of anilines is 1. The summed E-state index contributed by atoms with van der Waals surface area (Å²) in [6.45, 7) is 5.83. The average molecular weight is 300 g/mol. The van der Waals surface area contributed by atoms with E-state index >= 15 is 0 Å². The largest absolute Gasteiger partial charge is 0.326 e. The van der Waals surface area contributed by atoms with Crippen molar-refractivity contribution in [3.8, 4) is 0 Å². The van der Waals surface area contributed by atoms with Crippen molar-refractivity contribution in [2.75, 3.05) is 11.9 Å². The fourth-order valence-electron chi connectivity index (χ4n) is 2.30. The van der Waals surface area contributed by atoms with Gasteiger partial charge in [0.1, 0.15) is 0 Å². The van der Waals surface area contributed by atoms with Gasteiger partial charge in [0.15, 0.2) is 0 Å². The molecule has 0 aliphatic rings. The third-order valence-electron chi connectivity index (χ3n) is 3.56. The van der Waals surface area contributed by atoms with E-state index in [1.54, 1.807) is 4.68 Å². The summed E-state index contributed by atoms with van der Waals surface area (Å²) in [6, 6.07) is 9.94. The lowest BCUT2D eigenvalue weighted by Crippen LogP contribution is -2.33. The number of rotatable bonds is 7. The quantitative estimate of drug-likeness (QED) is 0.855. The first-order chi connectivity index (χ1) is 10.5. The Morgan fingerprint density at radius 2 is 2.05 bits per heavy atom. The molecule has 1 heterocycles. The lowest BCUT2D eigenvalue weighted by atomic mass is 10.2. The second kappa shape index (κ2) is 7.75. The molecule has 0 radical (unpaired) electrons. The van der Waals surface area contributed by atoms with Crippen LogP contribution in [0.15, 0.2) is 42.7 Å². The molecule has 0 saturated carbocycles. The molecule has 0 saturated heterocycles. The van der Waals surface area contributed by atoms with E-state index in [0.29, 0.717) is 12.5 Å². The van der Waals surface area contributed by atoms with E-state index in [-0.39, 0.29) is 5.91 Å². The van der Waals surface area contributed by atoms with Gasteiger partial charge in [-0.2, -0.15) is 5.10 Å². The molecule has 2 aromatic rings. The molecule has 2 rings (SSSR count). The Morgan fingerprint density at radius 3 is 2.64 bits per heavy atom. The van der Waals surface area contributed by atoms with Crippen LogP contribution in [0.5, 0.6) is 0 Å². The third kappa shape index (κ3) is 5.00. The molecule has 0 fully saturated rings. The number of nitrogens with zero attached hydrogens (tertiary/aromatic N) is 3. The molecule has 0 atom stereocenters. The minimum atomic E-state index is 0.0445. The van der Waals surface area contributed by atoms with Crippen molar-refractivity contribution in [3.63, 3.8) is 0 Å². The molecule has 22 heavy (non-hydrogen) atoms. The summed E-state index contributed by atoms with van der Waals surface area (Å²) in [4.78, 5) is 14.3. The molecule has 0 unspecified atom stereocenters. The molecule has 5 nitrogen and oxygen atoms in total. The number of para-hydroxylation sites is 1. The summed E-state index contributed by atoms with van der Waals surface area (Å²) >= 11 is 0. The first kappa shape index (κ1) is 16.2. The Kier molecular flexibility index (Phi) is 5.72. The van der Waals surface area contributed by atoms with Crippen molar-refractivity contribution >= 4 is 11.6 Å². The summed E-state index contributed by atoms with van der Waals surface area (Å²) in [5.41, 5.74) is 2.01. The molecular formula is C17H24N4O. The number of amides is 1. The maximum atomic E-state index is 12.0. The van der Waals surface area contributed by atoms with Crippen LogP contribution >= 0.6 is 0 Å². The van der Waals surface area contributed by atoms with Crippen molar-refractivity contribution in [2.24, 2.45) is 7.05 Å². The highest BCUT2D eigenvalue weighted by Crippen LogP contribution is 2.10. The van der Waals surface area contributed by atoms with Gasteiger partial charge < -0.3 is 5.32 Å². The Hall–Kier alpha value is -2.14. The normalized spacial score (nSPS) is 11.1. The Morgan fingerprint density at radius 1 is 1.32 bits per heavy atom. The molecule has 118 valence electrons. The number of carbonyl (C=O) groups is 1. The third-order valence-corrected chi connectivity index (χ3v) is 3.56. The van der Waals surface area contributed by atoms with Gasteiger partial charge in [0, 0.05) is 50.0 Å². The van der Waals surface area contributed by atoms with Gasteiger partial charge in [-0.1, -0.05) is 18.2 Å². The van der Waals surface area contributed by atoms with Gasteiger partial charge in [-0.3, -0.25) is 14.4 Å². The SMILES string of the molecule is CC(C)N(CCC(=O)Nc1ccccc1)Cc1cnn(C)c1. The van der Waals surface area contributed by atoms with Crippen LogP contribution < -0.4 is 5.32 Å². The number of benzene rings is 1. The molecule has 0 aliphatic heterocycles. The van der Waals surface area contributed by atoms with Crippen LogP contribution in [0.3, 0.4) is 0 Å². The number of hydrogen-bond donors (Lipinski definition) is 1. The molecule has 5 heteroatoms. The van der Waals surface area contributed by atoms with Gasteiger partial charge in [0.2, 0.25) is 5.91 Å². The summed E-state index contributed by atoms with van der Waals surface area (Å²) in [6.07, 6.45) is 4.37. The van der Waals surface area contributed by atoms with E-state index < -0.39 is 0 Å². The summed E-state index contributed by atoms with van der Waals surface area (Å²) in [5, 5.41) is 7.11. The summed E-state index contributed by atoms with van der Waals surface area (Å²) in [5.74, 6) is 0.0445. The molecule has 1 N–H and O–H groups in total. The molecular weight excluding hydrogens is 276 g/mol. The predicted octanol–water partition coefficient (Wildman–Crippen LogP) is 2.66. The van der Waals surface area contributed by atoms with Crippen LogP contribution in [0.4, 0.5) is 5.69 Å². The first-order valence-corrected chi connectivity index (χ1v) is 7.61. The number of hydrogen-bond acceptors (Lipinski definition) is 3. The van der Waals surface area contributed by atoms with E-state index in [2.05, 4.69) is 29.2 Å². The predicted molar refractivity (Wildman–Crippen MR) is 88.4 cm³/mol. The van der Waals surface area contributed by atoms with E-state index in [1.807, 2.05) is 49.8 Å². The maximum Gasteiger partial charge on any atom is 0.225 e. The lowest BCUT2D eigenvalue weighted by Gasteiger charge is -2.25. The van der Waals surface area contributed by atoms with Gasteiger partial charge in [-0.25, -0.2) is 0 Å². The molecule has 0 aliphatic carbocycles. The number of nitrogens with one attached hydrogen (secondary N) is 1. The van der Waals surface area contributed by atoms with E-state index in [0.717, 1.165) is 18.8 Å². The van der Waals surface area contributed by atoms with Crippen molar-refractivity contribution in [1.82, 2.24) is 14.7 Å². The standard InChI is InChI=1S/C17H24N4O/c1-14(2)21(13-15-11-18-20(3)12-15)10-9-17(22)19-16-7-5-4-6-8-16/h4-8,11-12,14H,9-10,13H2,1-3H3,(H,19,22). The van der Waals surface area contributed by atoms with Crippen LogP contribution in [-0.2, 0) is 18.4 Å². The highest BCUT2D eigenvalue weighted by atomic mass is 16.1. The maximum absolute atomic E-state index is 12.0. The van der Waals surface area contributed by atoms with Crippen LogP contribution in [0.2, 0.25) is 0 Å². The Bertz CT molecular complexity index is 592. The number of aromatic nitrogens is 2. The minimum Gasteiger partial charge on any atom is -0.326 e. The molecule has 1 amide bonds. The van der Waals surface area contributed by atoms with Gasteiger partial charge in [0.05, 0.1) is 6.20 Å². The fourth-order valence-corrected chi connectivity index (χ4v) is 2.30. The topological polar surface area (TPSA) is 50.2 Å². The molecule has 0 bridgehead atoms. The van der Waals surface area contributed by atoms with Crippen LogP contribution in [-0.4, -0.2) is 33.2 Å². The minimum absolute atomic E-state index is 0.0445. The monoisotopic (exact) mass is 300 g/mol. The van der Waals surface area contributed by atoms with Crippen molar-refractivity contribution in [3.05, 3.63) is 48.3 Å². The van der Waals surface area contributed by atoms with Gasteiger partial charge >= 0.3 is 0 Å². The van der Waals surface area contributed by atoms with Gasteiger partial charge in [-0.15, -0.1) is 0 Å². The van der Waals surface area contributed by atoms with Gasteiger partial charge in [0.25, 0.3) is 0 Å². The number of carbonyl (C=O) groups excluding carboxylic acids is 1. The average Bonchev–Trinajstić information content (AvgIpc) is 2.89. The van der Waals surface area contributed by atoms with E-state index in [1.165, 1.54) is 5.56 Å². The molecule has 1 aromatic carbocycles. The zero-order valence-electron chi connectivity index (χ0n) is 13.5.